The van der Waals surface area contributed by atoms with Gasteiger partial charge in [-0.3, -0.25) is 9.59 Å². The number of hydrogen-bond donors (Lipinski definition) is 2. The predicted molar refractivity (Wildman–Crippen MR) is 135 cm³/mol. The average Bonchev–Trinajstić information content (AvgIpc) is 2.84. The molecule has 2 N–H and O–H groups in total. The molecule has 5 heteroatoms. The number of nitrogens with one attached hydrogen (secondary N) is 2. The maximum atomic E-state index is 12.8. The smallest absolute Gasteiger partial charge is 0.262 e. The molecule has 34 heavy (non-hydrogen) atoms. The van der Waals surface area contributed by atoms with E-state index < -0.39 is 0 Å². The van der Waals surface area contributed by atoms with Crippen molar-refractivity contribution in [3.8, 4) is 5.75 Å². The molecule has 0 aliphatic rings. The summed E-state index contributed by atoms with van der Waals surface area (Å²) in [7, 11) is 0. The van der Waals surface area contributed by atoms with Crippen LogP contribution in [0.15, 0.2) is 103 Å². The number of carbonyl (C=O) groups excluding carboxylic acids is 2. The van der Waals surface area contributed by atoms with Gasteiger partial charge in [0.1, 0.15) is 5.75 Å². The number of para-hydroxylation sites is 2. The Morgan fingerprint density at radius 2 is 1.50 bits per heavy atom. The number of aryl methyl sites for hydroxylation is 1. The summed E-state index contributed by atoms with van der Waals surface area (Å²) in [5, 5.41) is 5.68. The molecule has 0 heterocycles. The van der Waals surface area contributed by atoms with Crippen LogP contribution in [-0.4, -0.2) is 18.4 Å². The van der Waals surface area contributed by atoms with Crippen LogP contribution in [0, 0.1) is 6.92 Å². The van der Waals surface area contributed by atoms with Gasteiger partial charge in [0.05, 0.1) is 11.3 Å². The molecule has 0 spiro atoms. The summed E-state index contributed by atoms with van der Waals surface area (Å²) in [6, 6.07) is 32.2. The minimum absolute atomic E-state index is 0.167. The van der Waals surface area contributed by atoms with Crippen molar-refractivity contribution in [2.24, 2.45) is 0 Å². The van der Waals surface area contributed by atoms with Gasteiger partial charge in [0.25, 0.3) is 11.8 Å². The van der Waals surface area contributed by atoms with Crippen molar-refractivity contribution in [3.05, 3.63) is 125 Å². The molecule has 0 radical (unpaired) electrons. The molecule has 0 aliphatic carbocycles. The first kappa shape index (κ1) is 22.8. The van der Waals surface area contributed by atoms with Gasteiger partial charge in [0, 0.05) is 12.1 Å². The number of amides is 2. The molecule has 5 nitrogen and oxygen atoms in total. The summed E-state index contributed by atoms with van der Waals surface area (Å²) in [5.74, 6) is 0.0212. The molecule has 4 rings (SSSR count). The standard InChI is InChI=1S/C29H26N2O3/c1-21-10-9-14-24(18-21)30-29(33)25-15-6-7-16-26(25)31-28(32)20-34-27-17-8-5-13-23(27)19-22-11-3-2-4-12-22/h2-18H,19-20H2,1H3,(H,30,33)(H,31,32). The highest BCUT2D eigenvalue weighted by Crippen LogP contribution is 2.22. The van der Waals surface area contributed by atoms with Gasteiger partial charge in [-0.15, -0.1) is 0 Å². The Morgan fingerprint density at radius 1 is 0.765 bits per heavy atom. The normalized spacial score (nSPS) is 10.4. The Balaban J connectivity index is 1.40. The quantitative estimate of drug-likeness (QED) is 0.354. The van der Waals surface area contributed by atoms with E-state index in [1.54, 1.807) is 24.3 Å². The molecule has 0 fully saturated rings. The largest absolute Gasteiger partial charge is 0.483 e. The zero-order chi connectivity index (χ0) is 23.8. The van der Waals surface area contributed by atoms with E-state index in [0.29, 0.717) is 29.1 Å². The van der Waals surface area contributed by atoms with Crippen molar-refractivity contribution in [1.29, 1.82) is 0 Å². The summed E-state index contributed by atoms with van der Waals surface area (Å²) >= 11 is 0. The maximum Gasteiger partial charge on any atom is 0.262 e. The van der Waals surface area contributed by atoms with Crippen molar-refractivity contribution < 1.29 is 14.3 Å². The topological polar surface area (TPSA) is 67.4 Å². The van der Waals surface area contributed by atoms with Gasteiger partial charge < -0.3 is 15.4 Å². The maximum absolute atomic E-state index is 12.8. The lowest BCUT2D eigenvalue weighted by atomic mass is 10.0. The van der Waals surface area contributed by atoms with Gasteiger partial charge in [0.2, 0.25) is 0 Å². The van der Waals surface area contributed by atoms with E-state index in [0.717, 1.165) is 16.7 Å². The van der Waals surface area contributed by atoms with Crippen LogP contribution in [0.1, 0.15) is 27.0 Å². The number of hydrogen-bond acceptors (Lipinski definition) is 3. The summed E-state index contributed by atoms with van der Waals surface area (Å²) in [6.07, 6.45) is 0.709. The van der Waals surface area contributed by atoms with Crippen molar-refractivity contribution >= 4 is 23.2 Å². The Labute approximate surface area is 199 Å². The third-order valence-electron chi connectivity index (χ3n) is 5.29. The summed E-state index contributed by atoms with van der Waals surface area (Å²) in [5.41, 5.74) is 4.71. The highest BCUT2D eigenvalue weighted by Gasteiger charge is 2.14. The molecule has 4 aromatic rings. The van der Waals surface area contributed by atoms with E-state index in [1.807, 2.05) is 73.7 Å². The van der Waals surface area contributed by atoms with Crippen LogP contribution in [0.4, 0.5) is 11.4 Å². The van der Waals surface area contributed by atoms with Crippen LogP contribution in [0.25, 0.3) is 0 Å². The van der Waals surface area contributed by atoms with Crippen LogP contribution < -0.4 is 15.4 Å². The van der Waals surface area contributed by atoms with Crippen LogP contribution in [0.5, 0.6) is 5.75 Å². The molecule has 0 saturated heterocycles. The van der Waals surface area contributed by atoms with Gasteiger partial charge in [0.15, 0.2) is 6.61 Å². The zero-order valence-corrected chi connectivity index (χ0v) is 19.0. The molecule has 0 atom stereocenters. The second-order valence-electron chi connectivity index (χ2n) is 7.98. The molecule has 4 aromatic carbocycles. The third kappa shape index (κ3) is 6.11. The van der Waals surface area contributed by atoms with E-state index >= 15 is 0 Å². The van der Waals surface area contributed by atoms with Gasteiger partial charge >= 0.3 is 0 Å². The van der Waals surface area contributed by atoms with Crippen LogP contribution in [0.3, 0.4) is 0 Å². The lowest BCUT2D eigenvalue weighted by molar-refractivity contribution is -0.118. The fourth-order valence-electron chi connectivity index (χ4n) is 3.65. The van der Waals surface area contributed by atoms with Gasteiger partial charge in [-0.2, -0.15) is 0 Å². The SMILES string of the molecule is Cc1cccc(NC(=O)c2ccccc2NC(=O)COc2ccccc2Cc2ccccc2)c1. The minimum atomic E-state index is -0.342. The van der Waals surface area contributed by atoms with E-state index in [1.165, 1.54) is 0 Å². The van der Waals surface area contributed by atoms with Crippen molar-refractivity contribution in [3.63, 3.8) is 0 Å². The van der Waals surface area contributed by atoms with E-state index in [2.05, 4.69) is 22.8 Å². The van der Waals surface area contributed by atoms with Gasteiger partial charge in [-0.25, -0.2) is 0 Å². The van der Waals surface area contributed by atoms with Crippen molar-refractivity contribution in [2.75, 3.05) is 17.2 Å². The van der Waals surface area contributed by atoms with Crippen LogP contribution in [-0.2, 0) is 11.2 Å². The summed E-state index contributed by atoms with van der Waals surface area (Å²) in [4.78, 5) is 25.5. The molecule has 170 valence electrons. The fourth-order valence-corrected chi connectivity index (χ4v) is 3.65. The Hall–Kier alpha value is -4.38. The first-order valence-electron chi connectivity index (χ1n) is 11.1. The van der Waals surface area contributed by atoms with Crippen LogP contribution in [0.2, 0.25) is 0 Å². The first-order valence-corrected chi connectivity index (χ1v) is 11.1. The highest BCUT2D eigenvalue weighted by molar-refractivity contribution is 6.10. The fraction of sp³-hybridized carbons (Fsp3) is 0.103. The Bertz CT molecular complexity index is 1290. The number of carbonyl (C=O) groups is 2. The molecular weight excluding hydrogens is 424 g/mol. The number of ether oxygens (including phenoxy) is 1. The van der Waals surface area contributed by atoms with Gasteiger partial charge in [-0.1, -0.05) is 72.8 Å². The number of rotatable bonds is 8. The number of anilines is 2. The average molecular weight is 451 g/mol. The summed E-state index contributed by atoms with van der Waals surface area (Å²) < 4.78 is 5.84. The third-order valence-corrected chi connectivity index (χ3v) is 5.29. The molecule has 2 amide bonds. The van der Waals surface area contributed by atoms with E-state index in [9.17, 15) is 9.59 Å². The van der Waals surface area contributed by atoms with Crippen LogP contribution >= 0.6 is 0 Å². The molecule has 0 bridgehead atoms. The monoisotopic (exact) mass is 450 g/mol. The predicted octanol–water partition coefficient (Wildman–Crippen LogP) is 5.86. The van der Waals surface area contributed by atoms with E-state index in [4.69, 9.17) is 4.74 Å². The molecular formula is C29H26N2O3. The van der Waals surface area contributed by atoms with Crippen molar-refractivity contribution in [2.45, 2.75) is 13.3 Å². The first-order chi connectivity index (χ1) is 16.6. The lowest BCUT2D eigenvalue weighted by Gasteiger charge is -2.14. The molecule has 0 aliphatic heterocycles. The van der Waals surface area contributed by atoms with Gasteiger partial charge in [-0.05, 0) is 53.9 Å². The summed E-state index contributed by atoms with van der Waals surface area (Å²) in [6.45, 7) is 1.79. The Kier molecular flexibility index (Phi) is 7.35. The molecule has 0 unspecified atom stereocenters. The number of benzene rings is 4. The molecule has 0 aromatic heterocycles. The highest BCUT2D eigenvalue weighted by atomic mass is 16.5. The zero-order valence-electron chi connectivity index (χ0n) is 19.0. The van der Waals surface area contributed by atoms with Crippen molar-refractivity contribution in [1.82, 2.24) is 0 Å². The second-order valence-corrected chi connectivity index (χ2v) is 7.98. The Morgan fingerprint density at radius 3 is 2.32 bits per heavy atom. The second kappa shape index (κ2) is 11.0. The minimum Gasteiger partial charge on any atom is -0.483 e. The molecule has 0 saturated carbocycles. The lowest BCUT2D eigenvalue weighted by Crippen LogP contribution is -2.23. The van der Waals surface area contributed by atoms with E-state index in [-0.39, 0.29) is 18.4 Å².